The van der Waals surface area contributed by atoms with E-state index in [1.165, 1.54) is 27.1 Å². The number of fused-ring (bicyclic) bond motifs is 2. The third-order valence-corrected chi connectivity index (χ3v) is 12.1. The molecule has 0 N–H and O–H groups in total. The topological polar surface area (TPSA) is 20.9 Å². The fraction of sp³-hybridized carbons (Fsp3) is 0.0196. The van der Waals surface area contributed by atoms with Crippen LogP contribution in [0.15, 0.2) is 109 Å². The minimum absolute atomic E-state index is 0.110. The third kappa shape index (κ3) is 8.13. The monoisotopic (exact) mass is 1050 g/mol. The molecule has 0 aliphatic heterocycles. The van der Waals surface area contributed by atoms with Crippen molar-refractivity contribution in [2.45, 2.75) is 6.54 Å². The lowest BCUT2D eigenvalue weighted by Crippen LogP contribution is -2.81. The zero-order valence-electron chi connectivity index (χ0n) is 36.1. The van der Waals surface area contributed by atoms with Gasteiger partial charge in [0.2, 0.25) is 12.3 Å². The van der Waals surface area contributed by atoms with Crippen molar-refractivity contribution in [3.63, 3.8) is 0 Å². The van der Waals surface area contributed by atoms with Crippen LogP contribution in [0.3, 0.4) is 0 Å². The Labute approximate surface area is 400 Å². The number of halogens is 20. The second-order valence-electron chi connectivity index (χ2n) is 16.0. The van der Waals surface area contributed by atoms with Crippen molar-refractivity contribution >= 4 is 55.3 Å². The third-order valence-electron chi connectivity index (χ3n) is 12.1. The smallest absolute Gasteiger partial charge is 0.227 e. The summed E-state index contributed by atoms with van der Waals surface area (Å²) in [5.41, 5.74) is -11.2. The van der Waals surface area contributed by atoms with E-state index < -0.39 is 144 Å². The van der Waals surface area contributed by atoms with E-state index in [0.29, 0.717) is 6.54 Å². The Morgan fingerprint density at radius 3 is 0.919 bits per heavy atom. The van der Waals surface area contributed by atoms with Gasteiger partial charge in [-0.25, -0.2) is 87.8 Å². The fourth-order valence-corrected chi connectivity index (χ4v) is 8.81. The van der Waals surface area contributed by atoms with E-state index in [4.69, 9.17) is 0 Å². The molecule has 1 heterocycles. The Morgan fingerprint density at radius 2 is 0.608 bits per heavy atom. The van der Waals surface area contributed by atoms with Crippen LogP contribution in [0, 0.1) is 116 Å². The Bertz CT molecular complexity index is 3340. The lowest BCUT2D eigenvalue weighted by Gasteiger charge is -2.44. The van der Waals surface area contributed by atoms with Crippen LogP contribution in [0.1, 0.15) is 10.4 Å². The van der Waals surface area contributed by atoms with Crippen molar-refractivity contribution < 1.29 is 97.2 Å². The van der Waals surface area contributed by atoms with Crippen molar-refractivity contribution in [3.8, 4) is 11.1 Å². The molecular formula is C51H20BF20NO. The van der Waals surface area contributed by atoms with Crippen LogP contribution < -0.4 is 26.4 Å². The van der Waals surface area contributed by atoms with E-state index in [1.807, 2.05) is 47.3 Å². The molecule has 9 aromatic rings. The minimum Gasteiger partial charge on any atom is -0.287 e. The Balaban J connectivity index is 0.000000215. The molecule has 0 radical (unpaired) electrons. The number of carbonyl (C=O) groups excluding carboxylic acids is 1. The fourth-order valence-electron chi connectivity index (χ4n) is 8.81. The number of ketones is 1. The Morgan fingerprint density at radius 1 is 0.338 bits per heavy atom. The molecule has 0 amide bonds. The molecule has 74 heavy (non-hydrogen) atoms. The van der Waals surface area contributed by atoms with Crippen LogP contribution in [0.25, 0.3) is 32.7 Å². The summed E-state index contributed by atoms with van der Waals surface area (Å²) >= 11 is 0. The first-order valence-corrected chi connectivity index (χ1v) is 20.7. The lowest BCUT2D eigenvalue weighted by atomic mass is 9.12. The first-order valence-electron chi connectivity index (χ1n) is 20.7. The van der Waals surface area contributed by atoms with Crippen molar-refractivity contribution in [1.82, 2.24) is 0 Å². The molecule has 0 fully saturated rings. The van der Waals surface area contributed by atoms with Gasteiger partial charge in [0.25, 0.3) is 0 Å². The first kappa shape index (κ1) is 52.1. The van der Waals surface area contributed by atoms with Gasteiger partial charge in [0.05, 0.1) is 0 Å². The second kappa shape index (κ2) is 19.6. The van der Waals surface area contributed by atoms with Gasteiger partial charge in [-0.1, -0.05) is 78.9 Å². The van der Waals surface area contributed by atoms with Crippen molar-refractivity contribution in [2.24, 2.45) is 0 Å². The van der Waals surface area contributed by atoms with Crippen LogP contribution in [0.4, 0.5) is 87.8 Å². The lowest BCUT2D eigenvalue weighted by molar-refractivity contribution is -0.683. The Hall–Kier alpha value is -8.24. The maximum Gasteiger partial charge on any atom is 0.227 e. The van der Waals surface area contributed by atoms with E-state index >= 15 is 35.1 Å². The summed E-state index contributed by atoms with van der Waals surface area (Å²) in [5, 5.41) is 4.95. The van der Waals surface area contributed by atoms with Crippen molar-refractivity contribution in [3.05, 3.63) is 231 Å². The normalized spacial score (nSPS) is 11.6. The average Bonchev–Trinajstić information content (AvgIpc) is 3.40. The van der Waals surface area contributed by atoms with Crippen LogP contribution >= 0.6 is 0 Å². The summed E-state index contributed by atoms with van der Waals surface area (Å²) in [6.07, 6.45) is -3.23. The first-order chi connectivity index (χ1) is 35.0. The standard InChI is InChI=1S/C27H20NO.C24BF20/c29-26(20-8-2-1-3-9-20)19-28-16-14-21(15-17-28)27-24-12-6-4-10-22(24)18-23-11-5-7-13-25(23)27;26-5-1(6(27)14(35)21(42)13(5)34)25(2-7(28)15(36)22(43)16(37)8(2)29,3-9(30)17(38)23(44)18(39)10(3)31)4-11(32)19(40)24(45)20(41)12(4)33/h1-18H,19H2;/q+1;-1. The number of rotatable bonds is 8. The number of nitrogens with zero attached hydrogens (tertiary/aromatic N) is 1. The number of benzene rings is 8. The molecular weight excluding hydrogens is 1030 g/mol. The van der Waals surface area contributed by atoms with E-state index in [2.05, 4.69) is 66.7 Å². The van der Waals surface area contributed by atoms with E-state index in [0.717, 1.165) is 11.1 Å². The van der Waals surface area contributed by atoms with E-state index in [1.54, 1.807) is 0 Å². The van der Waals surface area contributed by atoms with Gasteiger partial charge in [-0.15, -0.1) is 21.9 Å². The van der Waals surface area contributed by atoms with Gasteiger partial charge in [0, 0.05) is 17.7 Å². The van der Waals surface area contributed by atoms with Gasteiger partial charge in [-0.2, -0.15) is 4.57 Å². The Kier molecular flexibility index (Phi) is 13.8. The molecule has 1 aromatic heterocycles. The summed E-state index contributed by atoms with van der Waals surface area (Å²) in [7, 11) is 0. The molecule has 0 aliphatic rings. The van der Waals surface area contributed by atoms with Gasteiger partial charge in [0.15, 0.2) is 82.2 Å². The van der Waals surface area contributed by atoms with E-state index in [9.17, 15) is 57.5 Å². The molecule has 2 nitrogen and oxygen atoms in total. The summed E-state index contributed by atoms with van der Waals surface area (Å²) in [6, 6.07) is 32.9. The van der Waals surface area contributed by atoms with Gasteiger partial charge >= 0.3 is 0 Å². The minimum atomic E-state index is -7.22. The predicted octanol–water partition coefficient (Wildman–Crippen LogP) is 11.7. The SMILES string of the molecule is Fc1c(F)c(F)c([B-](c2c(F)c(F)c(F)c(F)c2F)(c2c(F)c(F)c(F)c(F)c2F)c2c(F)c(F)c(F)c(F)c2F)c(F)c1F.O=C(C[n+]1ccc(-c2c3ccccc3cc3ccccc23)cc1)c1ccccc1. The molecule has 0 bridgehead atoms. The van der Waals surface area contributed by atoms with Gasteiger partial charge < -0.3 is 0 Å². The molecule has 378 valence electrons. The van der Waals surface area contributed by atoms with Crippen molar-refractivity contribution in [1.29, 1.82) is 0 Å². The second-order valence-corrected chi connectivity index (χ2v) is 16.0. The highest BCUT2D eigenvalue weighted by Gasteiger charge is 2.52. The molecule has 0 atom stereocenters. The highest BCUT2D eigenvalue weighted by atomic mass is 19.2. The molecule has 9 rings (SSSR count). The van der Waals surface area contributed by atoms with Crippen LogP contribution in [0.2, 0.25) is 0 Å². The molecule has 0 spiro atoms. The molecule has 23 heteroatoms. The molecule has 0 saturated heterocycles. The highest BCUT2D eigenvalue weighted by molar-refractivity contribution is 7.20. The summed E-state index contributed by atoms with van der Waals surface area (Å²) < 4.78 is 296. The zero-order chi connectivity index (χ0) is 54.0. The molecule has 0 saturated carbocycles. The molecule has 8 aromatic carbocycles. The quantitative estimate of drug-likeness (QED) is 0.0283. The molecule has 0 unspecified atom stereocenters. The number of pyridine rings is 1. The maximum absolute atomic E-state index is 15.4. The van der Waals surface area contributed by atoms with Gasteiger partial charge in [0.1, 0.15) is 52.7 Å². The zero-order valence-corrected chi connectivity index (χ0v) is 36.1. The number of hydrogen-bond donors (Lipinski definition) is 0. The average molecular weight is 1050 g/mol. The number of aromatic nitrogens is 1. The van der Waals surface area contributed by atoms with Crippen LogP contribution in [0.5, 0.6) is 0 Å². The number of carbonyl (C=O) groups is 1. The van der Waals surface area contributed by atoms with Gasteiger partial charge in [-0.05, 0) is 38.7 Å². The predicted molar refractivity (Wildman–Crippen MR) is 227 cm³/mol. The van der Waals surface area contributed by atoms with Crippen LogP contribution in [-0.4, -0.2) is 11.9 Å². The summed E-state index contributed by atoms with van der Waals surface area (Å²) in [6.45, 7) is 0.334. The highest BCUT2D eigenvalue weighted by Crippen LogP contribution is 2.36. The maximum atomic E-state index is 15.4. The molecule has 0 aliphatic carbocycles. The largest absolute Gasteiger partial charge is 0.287 e. The summed E-state index contributed by atoms with van der Waals surface area (Å²) in [5.74, 6) is -71.3. The summed E-state index contributed by atoms with van der Waals surface area (Å²) in [4.78, 5) is 12.5. The van der Waals surface area contributed by atoms with E-state index in [-0.39, 0.29) is 5.78 Å². The van der Waals surface area contributed by atoms with Crippen molar-refractivity contribution in [2.75, 3.05) is 0 Å². The van der Waals surface area contributed by atoms with Gasteiger partial charge in [-0.3, -0.25) is 4.79 Å². The number of Topliss-reactive ketones (excluding diaryl/α,β-unsaturated/α-hetero) is 1. The number of hydrogen-bond acceptors (Lipinski definition) is 1. The van der Waals surface area contributed by atoms with Crippen LogP contribution in [-0.2, 0) is 6.54 Å².